The lowest BCUT2D eigenvalue weighted by Crippen LogP contribution is -2.06. The van der Waals surface area contributed by atoms with Crippen molar-refractivity contribution in [3.05, 3.63) is 108 Å². The third-order valence-corrected chi connectivity index (χ3v) is 8.27. The van der Waals surface area contributed by atoms with Crippen LogP contribution in [0, 0.1) is 0 Å². The maximum atomic E-state index is 13.6. The van der Waals surface area contributed by atoms with Gasteiger partial charge in [-0.05, 0) is 16.7 Å². The molecule has 0 saturated carbocycles. The van der Waals surface area contributed by atoms with E-state index in [4.69, 9.17) is 13.6 Å². The van der Waals surface area contributed by atoms with E-state index in [1.54, 1.807) is 0 Å². The van der Waals surface area contributed by atoms with Crippen molar-refractivity contribution in [3.63, 3.8) is 0 Å². The second-order valence-electron chi connectivity index (χ2n) is 5.94. The van der Waals surface area contributed by atoms with Gasteiger partial charge in [-0.1, -0.05) is 139 Å². The minimum Gasteiger partial charge on any atom is -0.267 e. The quantitative estimate of drug-likeness (QED) is 0.182. The van der Waals surface area contributed by atoms with Crippen LogP contribution in [-0.2, 0) is 18.1 Å². The summed E-state index contributed by atoms with van der Waals surface area (Å²) in [5.74, 6) is 0. The van der Waals surface area contributed by atoms with E-state index in [1.165, 1.54) is 0 Å². The predicted octanol–water partition coefficient (Wildman–Crippen LogP) is 8.43. The first-order valence-corrected chi connectivity index (χ1v) is 12.9. The van der Waals surface area contributed by atoms with Gasteiger partial charge in [0.05, 0.1) is 0 Å². The standard InChI is InChI=1S/C21H18Br3O4P/c22-19(16-10-4-1-5-11-16)26-29(25,27-20(23)17-12-6-2-7-13-17)28-21(24)18-14-8-3-9-15-18/h1-15,19-21H. The van der Waals surface area contributed by atoms with Crippen molar-refractivity contribution in [2.45, 2.75) is 15.0 Å². The fraction of sp³-hybridized carbons (Fsp3) is 0.143. The van der Waals surface area contributed by atoms with Gasteiger partial charge in [-0.25, -0.2) is 4.57 Å². The van der Waals surface area contributed by atoms with Gasteiger partial charge in [0.2, 0.25) is 0 Å². The zero-order valence-electron chi connectivity index (χ0n) is 15.1. The molecule has 8 heteroatoms. The number of benzene rings is 3. The number of rotatable bonds is 9. The van der Waals surface area contributed by atoms with Crippen LogP contribution in [0.4, 0.5) is 0 Å². The molecule has 0 aromatic heterocycles. The molecular formula is C21H18Br3O4P. The summed E-state index contributed by atoms with van der Waals surface area (Å²) >= 11 is 10.3. The van der Waals surface area contributed by atoms with E-state index >= 15 is 0 Å². The highest BCUT2D eigenvalue weighted by Crippen LogP contribution is 2.61. The Bertz CT molecular complexity index is 806. The van der Waals surface area contributed by atoms with E-state index in [9.17, 15) is 4.57 Å². The van der Waals surface area contributed by atoms with Crippen LogP contribution in [0.5, 0.6) is 0 Å². The fourth-order valence-electron chi connectivity index (χ4n) is 2.41. The minimum atomic E-state index is -4.02. The van der Waals surface area contributed by atoms with Crippen LogP contribution in [0.1, 0.15) is 31.7 Å². The van der Waals surface area contributed by atoms with Crippen molar-refractivity contribution in [2.75, 3.05) is 0 Å². The highest BCUT2D eigenvalue weighted by molar-refractivity contribution is 9.09. The highest BCUT2D eigenvalue weighted by Gasteiger charge is 2.36. The Kier molecular flexibility index (Phi) is 8.69. The minimum absolute atomic E-state index is 0.680. The topological polar surface area (TPSA) is 44.8 Å². The van der Waals surface area contributed by atoms with Crippen molar-refractivity contribution in [1.29, 1.82) is 0 Å². The van der Waals surface area contributed by atoms with Crippen molar-refractivity contribution in [3.8, 4) is 0 Å². The van der Waals surface area contributed by atoms with Crippen molar-refractivity contribution >= 4 is 55.6 Å². The lowest BCUT2D eigenvalue weighted by Gasteiger charge is -2.25. The van der Waals surface area contributed by atoms with Gasteiger partial charge in [0.15, 0.2) is 0 Å². The molecular weight excluding hydrogens is 587 g/mol. The van der Waals surface area contributed by atoms with Crippen LogP contribution in [0.2, 0.25) is 0 Å². The Hall–Kier alpha value is -0.790. The molecule has 0 spiro atoms. The van der Waals surface area contributed by atoms with E-state index < -0.39 is 22.9 Å². The average molecular weight is 605 g/mol. The zero-order chi connectivity index (χ0) is 20.7. The molecule has 0 heterocycles. The molecule has 0 radical (unpaired) electrons. The molecule has 0 aliphatic heterocycles. The Balaban J connectivity index is 1.82. The number of hydrogen-bond acceptors (Lipinski definition) is 4. The molecule has 152 valence electrons. The summed E-state index contributed by atoms with van der Waals surface area (Å²) in [6.45, 7) is 0. The molecule has 29 heavy (non-hydrogen) atoms. The fourth-order valence-corrected chi connectivity index (χ4v) is 6.36. The van der Waals surface area contributed by atoms with Crippen molar-refractivity contribution in [1.82, 2.24) is 0 Å². The Morgan fingerprint density at radius 3 is 1.00 bits per heavy atom. The van der Waals surface area contributed by atoms with Gasteiger partial charge >= 0.3 is 7.82 Å². The van der Waals surface area contributed by atoms with E-state index in [2.05, 4.69) is 47.8 Å². The molecule has 0 amide bonds. The first kappa shape index (κ1) is 22.9. The summed E-state index contributed by atoms with van der Waals surface area (Å²) in [4.78, 5) is 0. The Labute approximate surface area is 195 Å². The van der Waals surface area contributed by atoms with Gasteiger partial charge < -0.3 is 0 Å². The maximum absolute atomic E-state index is 13.6. The summed E-state index contributed by atoms with van der Waals surface area (Å²) in [5, 5.41) is -2.04. The first-order chi connectivity index (χ1) is 14.0. The molecule has 3 rings (SSSR count). The van der Waals surface area contributed by atoms with Gasteiger partial charge in [0.25, 0.3) is 0 Å². The molecule has 0 fully saturated rings. The third kappa shape index (κ3) is 6.86. The smallest absolute Gasteiger partial charge is 0.267 e. The highest BCUT2D eigenvalue weighted by atomic mass is 79.9. The number of alkyl halides is 3. The SMILES string of the molecule is O=P(OC(Br)c1ccccc1)(OC(Br)c1ccccc1)OC(Br)c1ccccc1. The van der Waals surface area contributed by atoms with Crippen LogP contribution >= 0.6 is 55.6 Å². The average Bonchev–Trinajstić information content (AvgIpc) is 2.75. The molecule has 3 atom stereocenters. The number of phosphoric ester groups is 1. The first-order valence-electron chi connectivity index (χ1n) is 8.69. The number of halogens is 3. The third-order valence-electron chi connectivity index (χ3n) is 3.85. The summed E-state index contributed by atoms with van der Waals surface area (Å²) in [6.07, 6.45) is 0. The molecule has 0 aliphatic carbocycles. The maximum Gasteiger partial charge on any atom is 0.479 e. The van der Waals surface area contributed by atoms with Crippen LogP contribution in [0.25, 0.3) is 0 Å². The molecule has 0 aliphatic rings. The van der Waals surface area contributed by atoms with E-state index in [0.717, 1.165) is 16.7 Å². The van der Waals surface area contributed by atoms with Gasteiger partial charge in [0.1, 0.15) is 15.0 Å². The molecule has 3 aromatic rings. The summed E-state index contributed by atoms with van der Waals surface area (Å²) in [5.41, 5.74) is 2.37. The Morgan fingerprint density at radius 1 is 0.517 bits per heavy atom. The van der Waals surface area contributed by atoms with E-state index in [0.29, 0.717) is 0 Å². The summed E-state index contributed by atoms with van der Waals surface area (Å²) in [6, 6.07) is 28.0. The van der Waals surface area contributed by atoms with Crippen LogP contribution in [-0.4, -0.2) is 0 Å². The number of hydrogen-bond donors (Lipinski definition) is 0. The second-order valence-corrected chi connectivity index (χ2v) is 9.97. The van der Waals surface area contributed by atoms with Gasteiger partial charge in [-0.3, -0.25) is 13.6 Å². The molecule has 0 bridgehead atoms. The zero-order valence-corrected chi connectivity index (χ0v) is 20.8. The van der Waals surface area contributed by atoms with Crippen LogP contribution in [0.15, 0.2) is 91.0 Å². The van der Waals surface area contributed by atoms with Crippen LogP contribution < -0.4 is 0 Å². The van der Waals surface area contributed by atoms with Crippen LogP contribution in [0.3, 0.4) is 0 Å². The second kappa shape index (κ2) is 11.0. The van der Waals surface area contributed by atoms with E-state index in [1.807, 2.05) is 91.0 Å². The monoisotopic (exact) mass is 602 g/mol. The number of phosphoric acid groups is 1. The van der Waals surface area contributed by atoms with E-state index in [-0.39, 0.29) is 0 Å². The van der Waals surface area contributed by atoms with Gasteiger partial charge in [-0.15, -0.1) is 0 Å². The molecule has 3 aromatic carbocycles. The largest absolute Gasteiger partial charge is 0.479 e. The van der Waals surface area contributed by atoms with Crippen molar-refractivity contribution < 1.29 is 18.1 Å². The lowest BCUT2D eigenvalue weighted by atomic mass is 10.2. The predicted molar refractivity (Wildman–Crippen MR) is 125 cm³/mol. The van der Waals surface area contributed by atoms with Gasteiger partial charge in [0, 0.05) is 0 Å². The lowest BCUT2D eigenvalue weighted by molar-refractivity contribution is 0.0949. The molecule has 3 unspecified atom stereocenters. The molecule has 0 N–H and O–H groups in total. The van der Waals surface area contributed by atoms with Crippen molar-refractivity contribution in [2.24, 2.45) is 0 Å². The Morgan fingerprint density at radius 2 is 0.759 bits per heavy atom. The molecule has 0 saturated heterocycles. The molecule has 4 nitrogen and oxygen atoms in total. The summed E-state index contributed by atoms with van der Waals surface area (Å²) in [7, 11) is -4.02. The van der Waals surface area contributed by atoms with Gasteiger partial charge in [-0.2, -0.15) is 0 Å². The summed E-state index contributed by atoms with van der Waals surface area (Å²) < 4.78 is 30.9. The normalized spacial score (nSPS) is 16.5.